The van der Waals surface area contributed by atoms with Gasteiger partial charge in [-0.1, -0.05) is 26.7 Å². The summed E-state index contributed by atoms with van der Waals surface area (Å²) < 4.78 is 18.2. The van der Waals surface area contributed by atoms with Gasteiger partial charge in [-0.15, -0.1) is 0 Å². The third-order valence-electron chi connectivity index (χ3n) is 9.04. The molecule has 0 unspecified atom stereocenters. The van der Waals surface area contributed by atoms with Crippen molar-refractivity contribution in [3.05, 3.63) is 0 Å². The number of hydrogen-bond donors (Lipinski definition) is 1. The number of nitrogens with one attached hydrogen (secondary N) is 1. The van der Waals surface area contributed by atoms with Gasteiger partial charge in [-0.05, 0) is 49.9 Å². The lowest BCUT2D eigenvalue weighted by atomic mass is 9.46. The Morgan fingerprint density at radius 3 is 2.69 bits per heavy atom. The lowest BCUT2D eigenvalue weighted by Crippen LogP contribution is -2.63. The van der Waals surface area contributed by atoms with E-state index in [9.17, 15) is 9.59 Å². The molecule has 2 aliphatic heterocycles. The van der Waals surface area contributed by atoms with Crippen LogP contribution in [0, 0.1) is 28.6 Å². The first-order valence-corrected chi connectivity index (χ1v) is 11.6. The van der Waals surface area contributed by atoms with Crippen LogP contribution in [0.4, 0.5) is 0 Å². The molecule has 1 N–H and O–H groups in total. The molecule has 3 aliphatic carbocycles. The Kier molecular flexibility index (Phi) is 4.93. The molecule has 7 atom stereocenters. The smallest absolute Gasteiger partial charge is 0.306 e. The highest BCUT2D eigenvalue weighted by atomic mass is 16.7. The van der Waals surface area contributed by atoms with Gasteiger partial charge in [-0.2, -0.15) is 0 Å². The van der Waals surface area contributed by atoms with Crippen LogP contribution >= 0.6 is 0 Å². The van der Waals surface area contributed by atoms with Crippen molar-refractivity contribution in [1.82, 2.24) is 5.32 Å². The summed E-state index contributed by atoms with van der Waals surface area (Å²) in [4.78, 5) is 24.3. The van der Waals surface area contributed by atoms with Gasteiger partial charge < -0.3 is 19.5 Å². The van der Waals surface area contributed by atoms with Crippen LogP contribution in [-0.2, 0) is 23.8 Å². The molecule has 6 nitrogen and oxygen atoms in total. The van der Waals surface area contributed by atoms with E-state index >= 15 is 0 Å². The number of carbonyl (C=O) groups is 2. The fourth-order valence-corrected chi connectivity index (χ4v) is 7.42. The number of fused-ring (bicyclic) bond motifs is 5. The molecule has 0 aromatic heterocycles. The van der Waals surface area contributed by atoms with Gasteiger partial charge in [-0.3, -0.25) is 9.59 Å². The maximum Gasteiger partial charge on any atom is 0.306 e. The monoisotopic (exact) mass is 405 g/mol. The van der Waals surface area contributed by atoms with Crippen molar-refractivity contribution < 1.29 is 23.8 Å². The summed E-state index contributed by atoms with van der Waals surface area (Å²) in [5, 5.41) is 3.06. The third kappa shape index (κ3) is 3.21. The van der Waals surface area contributed by atoms with Crippen molar-refractivity contribution in [3.63, 3.8) is 0 Å². The SMILES string of the molecule is C[C@@]12CO[C@@H](CNC(=O)C3CCCC3)O[C@@H]1CC[C@]1(C)[C@@H]2CC[C@H]2OC(=O)C[C@H]21. The minimum atomic E-state index is -0.351. The number of hydrogen-bond acceptors (Lipinski definition) is 5. The molecule has 29 heavy (non-hydrogen) atoms. The summed E-state index contributed by atoms with van der Waals surface area (Å²) in [7, 11) is 0. The first kappa shape index (κ1) is 19.8. The largest absolute Gasteiger partial charge is 0.462 e. The van der Waals surface area contributed by atoms with Crippen molar-refractivity contribution in [3.8, 4) is 0 Å². The predicted molar refractivity (Wildman–Crippen MR) is 106 cm³/mol. The van der Waals surface area contributed by atoms with Crippen LogP contribution in [0.3, 0.4) is 0 Å². The lowest BCUT2D eigenvalue weighted by molar-refractivity contribution is -0.304. The molecule has 0 radical (unpaired) electrons. The molecule has 2 saturated heterocycles. The molecule has 3 saturated carbocycles. The molecule has 0 spiro atoms. The third-order valence-corrected chi connectivity index (χ3v) is 9.04. The highest BCUT2D eigenvalue weighted by Gasteiger charge is 2.63. The average Bonchev–Trinajstić information content (AvgIpc) is 3.36. The van der Waals surface area contributed by atoms with E-state index in [1.54, 1.807) is 0 Å². The maximum absolute atomic E-state index is 12.3. The van der Waals surface area contributed by atoms with E-state index < -0.39 is 0 Å². The van der Waals surface area contributed by atoms with Gasteiger partial charge in [0.2, 0.25) is 5.91 Å². The number of amides is 1. The standard InChI is InChI=1S/C23H35NO5/c1-22-10-9-18-23(2,17(22)8-7-16-15(22)11-19(25)28-16)13-27-20(29-18)12-24-21(26)14-5-3-4-6-14/h14-18,20H,3-13H2,1-2H3,(H,24,26)/t15-,16-,17+,18-,20-,22+,23+/m1/s1. The maximum atomic E-state index is 12.3. The minimum Gasteiger partial charge on any atom is -0.462 e. The average molecular weight is 406 g/mol. The zero-order chi connectivity index (χ0) is 20.2. The quantitative estimate of drug-likeness (QED) is 0.730. The summed E-state index contributed by atoms with van der Waals surface area (Å²) >= 11 is 0. The van der Waals surface area contributed by atoms with E-state index in [1.165, 1.54) is 0 Å². The number of carbonyl (C=O) groups excluding carboxylic acids is 2. The summed E-state index contributed by atoms with van der Waals surface area (Å²) in [5.74, 6) is 1.10. The number of ether oxygens (including phenoxy) is 3. The van der Waals surface area contributed by atoms with Gasteiger partial charge in [0.1, 0.15) is 6.10 Å². The number of rotatable bonds is 3. The molecule has 0 aromatic carbocycles. The van der Waals surface area contributed by atoms with E-state index in [1.807, 2.05) is 0 Å². The van der Waals surface area contributed by atoms with Crippen LogP contribution in [0.25, 0.3) is 0 Å². The Bertz CT molecular complexity index is 676. The Morgan fingerprint density at radius 2 is 1.90 bits per heavy atom. The zero-order valence-corrected chi connectivity index (χ0v) is 17.8. The summed E-state index contributed by atoms with van der Waals surface area (Å²) in [6.45, 7) is 5.78. The van der Waals surface area contributed by atoms with Crippen molar-refractivity contribution in [2.24, 2.45) is 28.6 Å². The Hall–Kier alpha value is -1.14. The first-order valence-electron chi connectivity index (χ1n) is 11.6. The molecule has 6 heteroatoms. The second kappa shape index (κ2) is 7.23. The highest BCUT2D eigenvalue weighted by molar-refractivity contribution is 5.78. The van der Waals surface area contributed by atoms with Gasteiger partial charge in [-0.25, -0.2) is 0 Å². The van der Waals surface area contributed by atoms with Gasteiger partial charge in [0.25, 0.3) is 0 Å². The highest BCUT2D eigenvalue weighted by Crippen LogP contribution is 2.63. The van der Waals surface area contributed by atoms with E-state index in [4.69, 9.17) is 14.2 Å². The first-order chi connectivity index (χ1) is 13.9. The van der Waals surface area contributed by atoms with Gasteiger partial charge in [0.15, 0.2) is 6.29 Å². The summed E-state index contributed by atoms with van der Waals surface area (Å²) in [5.41, 5.74) is 0.0616. The van der Waals surface area contributed by atoms with Crippen LogP contribution in [0.5, 0.6) is 0 Å². The second-order valence-electron chi connectivity index (χ2n) is 10.6. The van der Waals surface area contributed by atoms with Crippen molar-refractivity contribution in [2.45, 2.75) is 90.1 Å². The van der Waals surface area contributed by atoms with Gasteiger partial charge in [0.05, 0.1) is 25.7 Å². The van der Waals surface area contributed by atoms with Crippen molar-refractivity contribution in [2.75, 3.05) is 13.2 Å². The van der Waals surface area contributed by atoms with Crippen LogP contribution in [0.1, 0.15) is 71.6 Å². The Balaban J connectivity index is 1.23. The molecular weight excluding hydrogens is 370 g/mol. The molecule has 5 aliphatic rings. The molecule has 162 valence electrons. The van der Waals surface area contributed by atoms with Crippen molar-refractivity contribution >= 4 is 11.9 Å². The van der Waals surface area contributed by atoms with Crippen LogP contribution in [-0.4, -0.2) is 43.5 Å². The van der Waals surface area contributed by atoms with Crippen molar-refractivity contribution in [1.29, 1.82) is 0 Å². The molecule has 5 fully saturated rings. The fourth-order valence-electron chi connectivity index (χ4n) is 7.42. The Morgan fingerprint density at radius 1 is 1.10 bits per heavy atom. The molecular formula is C23H35NO5. The van der Waals surface area contributed by atoms with Gasteiger partial charge >= 0.3 is 5.97 Å². The summed E-state index contributed by atoms with van der Waals surface area (Å²) in [6.07, 6.45) is 8.88. The Labute approximate surface area is 173 Å². The molecule has 2 heterocycles. The summed E-state index contributed by atoms with van der Waals surface area (Å²) in [6, 6.07) is 0. The molecule has 0 bridgehead atoms. The van der Waals surface area contributed by atoms with Crippen LogP contribution in [0.15, 0.2) is 0 Å². The predicted octanol–water partition coefficient (Wildman–Crippen LogP) is 3.18. The molecule has 1 amide bonds. The fraction of sp³-hybridized carbons (Fsp3) is 0.913. The number of esters is 1. The molecule has 5 rings (SSSR count). The van der Waals surface area contributed by atoms with E-state index in [2.05, 4.69) is 19.2 Å². The topological polar surface area (TPSA) is 73.9 Å². The van der Waals surface area contributed by atoms with E-state index in [0.717, 1.165) is 51.4 Å². The zero-order valence-electron chi connectivity index (χ0n) is 17.8. The van der Waals surface area contributed by atoms with Crippen LogP contribution < -0.4 is 5.32 Å². The second-order valence-corrected chi connectivity index (χ2v) is 10.6. The van der Waals surface area contributed by atoms with Crippen LogP contribution in [0.2, 0.25) is 0 Å². The normalized spacial score (nSPS) is 47.1. The van der Waals surface area contributed by atoms with E-state index in [-0.39, 0.29) is 47.1 Å². The lowest BCUT2D eigenvalue weighted by Gasteiger charge is -2.62. The van der Waals surface area contributed by atoms with Gasteiger partial charge in [0, 0.05) is 17.3 Å². The van der Waals surface area contributed by atoms with E-state index in [0.29, 0.717) is 31.4 Å². The minimum absolute atomic E-state index is 0.0247. The molecule has 0 aromatic rings.